The molecule has 0 radical (unpaired) electrons. The van der Waals surface area contributed by atoms with Crippen LogP contribution in [0.1, 0.15) is 16.8 Å². The molecule has 3 rings (SSSR count). The molecule has 0 saturated carbocycles. The molecule has 1 atom stereocenters. The highest BCUT2D eigenvalue weighted by Crippen LogP contribution is 2.29. The predicted molar refractivity (Wildman–Crippen MR) is 93.8 cm³/mol. The van der Waals surface area contributed by atoms with Crippen LogP contribution in [0.15, 0.2) is 34.9 Å². The number of aromatic nitrogens is 1. The Bertz CT molecular complexity index is 702. The summed E-state index contributed by atoms with van der Waals surface area (Å²) in [6.45, 7) is 4.34. The third kappa shape index (κ3) is 4.18. The first kappa shape index (κ1) is 17.4. The van der Waals surface area contributed by atoms with Crippen molar-refractivity contribution in [3.63, 3.8) is 0 Å². The standard InChI is InChI=1S/C18H23N3O4/c1-24-10-9-21-8-7-13(12-21)11-19-17-15(18(22)23)16(25-20-17)14-5-3-2-4-6-14/h2-6,13H,7-12H2,1H3,(H,19,20)(H,22,23). The van der Waals surface area contributed by atoms with E-state index in [1.165, 1.54) is 0 Å². The topological polar surface area (TPSA) is 87.8 Å². The molecule has 1 unspecified atom stereocenters. The van der Waals surface area contributed by atoms with Gasteiger partial charge < -0.3 is 24.6 Å². The lowest BCUT2D eigenvalue weighted by Crippen LogP contribution is -2.26. The monoisotopic (exact) mass is 345 g/mol. The quantitative estimate of drug-likeness (QED) is 0.759. The maximum atomic E-state index is 11.7. The van der Waals surface area contributed by atoms with Crippen molar-refractivity contribution in [1.82, 2.24) is 10.1 Å². The van der Waals surface area contributed by atoms with Gasteiger partial charge in [-0.15, -0.1) is 0 Å². The first-order valence-electron chi connectivity index (χ1n) is 8.42. The Morgan fingerprint density at radius 2 is 2.24 bits per heavy atom. The molecule has 0 spiro atoms. The number of ether oxygens (including phenoxy) is 1. The van der Waals surface area contributed by atoms with E-state index >= 15 is 0 Å². The second-order valence-corrected chi connectivity index (χ2v) is 6.24. The number of carbonyl (C=O) groups is 1. The lowest BCUT2D eigenvalue weighted by Gasteiger charge is -2.15. The van der Waals surface area contributed by atoms with Crippen LogP contribution in [0, 0.1) is 5.92 Å². The van der Waals surface area contributed by atoms with Crippen molar-refractivity contribution >= 4 is 11.8 Å². The fourth-order valence-corrected chi connectivity index (χ4v) is 3.14. The number of nitrogens with one attached hydrogen (secondary N) is 1. The van der Waals surface area contributed by atoms with Crippen molar-refractivity contribution in [3.8, 4) is 11.3 Å². The number of aromatic carboxylic acids is 1. The summed E-state index contributed by atoms with van der Waals surface area (Å²) in [6.07, 6.45) is 1.07. The fourth-order valence-electron chi connectivity index (χ4n) is 3.14. The van der Waals surface area contributed by atoms with Gasteiger partial charge in [0.1, 0.15) is 0 Å². The minimum atomic E-state index is -1.05. The van der Waals surface area contributed by atoms with E-state index in [0.717, 1.165) is 32.7 Å². The first-order valence-corrected chi connectivity index (χ1v) is 8.42. The third-order valence-electron chi connectivity index (χ3n) is 4.48. The Balaban J connectivity index is 1.65. The second kappa shape index (κ2) is 8.13. The highest BCUT2D eigenvalue weighted by atomic mass is 16.5. The second-order valence-electron chi connectivity index (χ2n) is 6.24. The third-order valence-corrected chi connectivity index (χ3v) is 4.48. The summed E-state index contributed by atoms with van der Waals surface area (Å²) in [5, 5.41) is 16.7. The molecule has 134 valence electrons. The van der Waals surface area contributed by atoms with E-state index in [9.17, 15) is 9.90 Å². The van der Waals surface area contributed by atoms with Crippen LogP contribution in [0.5, 0.6) is 0 Å². The molecule has 0 aliphatic carbocycles. The zero-order valence-corrected chi connectivity index (χ0v) is 14.3. The van der Waals surface area contributed by atoms with E-state index in [-0.39, 0.29) is 11.3 Å². The van der Waals surface area contributed by atoms with Gasteiger partial charge in [-0.1, -0.05) is 35.5 Å². The smallest absolute Gasteiger partial charge is 0.343 e. The Labute approximate surface area is 146 Å². The molecular weight excluding hydrogens is 322 g/mol. The molecule has 2 heterocycles. The number of anilines is 1. The average Bonchev–Trinajstić information content (AvgIpc) is 3.25. The van der Waals surface area contributed by atoms with Gasteiger partial charge in [0.15, 0.2) is 17.1 Å². The summed E-state index contributed by atoms with van der Waals surface area (Å²) in [6, 6.07) is 9.16. The van der Waals surface area contributed by atoms with Gasteiger partial charge in [0.05, 0.1) is 6.61 Å². The number of likely N-dealkylation sites (tertiary alicyclic amines) is 1. The van der Waals surface area contributed by atoms with E-state index in [4.69, 9.17) is 9.26 Å². The van der Waals surface area contributed by atoms with Gasteiger partial charge in [-0.3, -0.25) is 0 Å². The van der Waals surface area contributed by atoms with Gasteiger partial charge >= 0.3 is 5.97 Å². The molecule has 1 fully saturated rings. The molecule has 1 aromatic heterocycles. The van der Waals surface area contributed by atoms with Gasteiger partial charge in [-0.25, -0.2) is 4.79 Å². The number of hydrogen-bond acceptors (Lipinski definition) is 6. The zero-order valence-electron chi connectivity index (χ0n) is 14.3. The maximum absolute atomic E-state index is 11.7. The molecule has 7 nitrogen and oxygen atoms in total. The normalized spacial score (nSPS) is 17.7. The zero-order chi connectivity index (χ0) is 17.6. The number of benzene rings is 1. The first-order chi connectivity index (χ1) is 12.2. The van der Waals surface area contributed by atoms with Crippen molar-refractivity contribution < 1.29 is 19.2 Å². The van der Waals surface area contributed by atoms with Crippen LogP contribution in [-0.2, 0) is 4.74 Å². The SMILES string of the molecule is COCCN1CCC(CNc2noc(-c3ccccc3)c2C(=O)O)C1. The van der Waals surface area contributed by atoms with E-state index in [2.05, 4.69) is 15.4 Å². The van der Waals surface area contributed by atoms with Crippen molar-refractivity contribution in [2.45, 2.75) is 6.42 Å². The van der Waals surface area contributed by atoms with Crippen LogP contribution in [0.4, 0.5) is 5.82 Å². The number of rotatable bonds is 8. The van der Waals surface area contributed by atoms with E-state index in [0.29, 0.717) is 23.8 Å². The fraction of sp³-hybridized carbons (Fsp3) is 0.444. The molecule has 2 N–H and O–H groups in total. The number of nitrogens with zero attached hydrogens (tertiary/aromatic N) is 2. The van der Waals surface area contributed by atoms with Crippen LogP contribution in [0.2, 0.25) is 0 Å². The minimum Gasteiger partial charge on any atom is -0.477 e. The van der Waals surface area contributed by atoms with Crippen molar-refractivity contribution in [2.75, 3.05) is 45.2 Å². The Morgan fingerprint density at radius 3 is 2.96 bits per heavy atom. The molecule has 1 aliphatic heterocycles. The Hall–Kier alpha value is -2.38. The molecule has 1 aromatic carbocycles. The Morgan fingerprint density at radius 1 is 1.44 bits per heavy atom. The van der Waals surface area contributed by atoms with Gasteiger partial charge in [-0.2, -0.15) is 0 Å². The molecule has 7 heteroatoms. The summed E-state index contributed by atoms with van der Waals surface area (Å²) < 4.78 is 10.4. The number of carboxylic acid groups (broad SMARTS) is 1. The van der Waals surface area contributed by atoms with E-state index in [1.807, 2.05) is 18.2 Å². The molecular formula is C18H23N3O4. The molecule has 1 aliphatic rings. The summed E-state index contributed by atoms with van der Waals surface area (Å²) in [7, 11) is 1.71. The van der Waals surface area contributed by atoms with Gasteiger partial charge in [-0.05, 0) is 18.9 Å². The van der Waals surface area contributed by atoms with E-state index < -0.39 is 5.97 Å². The van der Waals surface area contributed by atoms with Gasteiger partial charge in [0.2, 0.25) is 0 Å². The minimum absolute atomic E-state index is 0.0837. The Kier molecular flexibility index (Phi) is 5.67. The summed E-state index contributed by atoms with van der Waals surface area (Å²) in [4.78, 5) is 14.0. The van der Waals surface area contributed by atoms with Crippen molar-refractivity contribution in [2.24, 2.45) is 5.92 Å². The van der Waals surface area contributed by atoms with Crippen LogP contribution >= 0.6 is 0 Å². The summed E-state index contributed by atoms with van der Waals surface area (Å²) >= 11 is 0. The van der Waals surface area contributed by atoms with Crippen LogP contribution in [0.3, 0.4) is 0 Å². The summed E-state index contributed by atoms with van der Waals surface area (Å²) in [5.74, 6) is -0.0171. The van der Waals surface area contributed by atoms with Crippen molar-refractivity contribution in [1.29, 1.82) is 0 Å². The lowest BCUT2D eigenvalue weighted by atomic mass is 10.1. The number of hydrogen-bond donors (Lipinski definition) is 2. The van der Waals surface area contributed by atoms with Crippen LogP contribution in [0.25, 0.3) is 11.3 Å². The number of methoxy groups -OCH3 is 1. The predicted octanol–water partition coefficient (Wildman–Crippen LogP) is 2.42. The van der Waals surface area contributed by atoms with Crippen LogP contribution < -0.4 is 5.32 Å². The highest BCUT2D eigenvalue weighted by molar-refractivity contribution is 5.99. The summed E-state index contributed by atoms with van der Waals surface area (Å²) in [5.41, 5.74) is 0.785. The van der Waals surface area contributed by atoms with Gasteiger partial charge in [0, 0.05) is 32.3 Å². The molecule has 25 heavy (non-hydrogen) atoms. The lowest BCUT2D eigenvalue weighted by molar-refractivity contribution is 0.0698. The largest absolute Gasteiger partial charge is 0.477 e. The molecule has 2 aromatic rings. The molecule has 0 bridgehead atoms. The van der Waals surface area contributed by atoms with Crippen molar-refractivity contribution in [3.05, 3.63) is 35.9 Å². The maximum Gasteiger partial charge on any atom is 0.343 e. The number of carboxylic acids is 1. The average molecular weight is 345 g/mol. The van der Waals surface area contributed by atoms with Gasteiger partial charge in [0.25, 0.3) is 0 Å². The molecule has 0 amide bonds. The molecule has 1 saturated heterocycles. The highest BCUT2D eigenvalue weighted by Gasteiger charge is 2.26. The van der Waals surface area contributed by atoms with Crippen LogP contribution in [-0.4, -0.2) is 61.0 Å². The van der Waals surface area contributed by atoms with E-state index in [1.54, 1.807) is 19.2 Å².